The third kappa shape index (κ3) is 4.65. The highest BCUT2D eigenvalue weighted by Gasteiger charge is 2.06. The highest BCUT2D eigenvalue weighted by Crippen LogP contribution is 2.26. The van der Waals surface area contributed by atoms with Gasteiger partial charge in [-0.15, -0.1) is 12.4 Å². The molecule has 0 bridgehead atoms. The van der Waals surface area contributed by atoms with Crippen molar-refractivity contribution < 1.29 is 4.42 Å². The highest BCUT2D eigenvalue weighted by molar-refractivity contribution is 9.10. The van der Waals surface area contributed by atoms with Crippen LogP contribution in [0.25, 0.3) is 11.3 Å². The van der Waals surface area contributed by atoms with Crippen molar-refractivity contribution in [1.29, 1.82) is 0 Å². The highest BCUT2D eigenvalue weighted by atomic mass is 79.9. The Morgan fingerprint density at radius 2 is 1.95 bits per heavy atom. The minimum atomic E-state index is 0. The summed E-state index contributed by atoms with van der Waals surface area (Å²) < 4.78 is 7.00. The first-order chi connectivity index (χ1) is 9.06. The molecule has 0 saturated carbocycles. The zero-order chi connectivity index (χ0) is 13.8. The quantitative estimate of drug-likeness (QED) is 0.796. The summed E-state index contributed by atoms with van der Waals surface area (Å²) >= 11 is 3.51. The van der Waals surface area contributed by atoms with E-state index in [0.717, 1.165) is 34.6 Å². The molecule has 4 heteroatoms. The SMILES string of the molecule is Cc1cc(-c2ccc(CNCC(C)C)o2)ccc1Br.Cl. The Kier molecular flexibility index (Phi) is 6.80. The summed E-state index contributed by atoms with van der Waals surface area (Å²) in [5.74, 6) is 2.57. The molecule has 1 aromatic heterocycles. The lowest BCUT2D eigenvalue weighted by Crippen LogP contribution is -2.18. The van der Waals surface area contributed by atoms with Gasteiger partial charge < -0.3 is 9.73 Å². The lowest BCUT2D eigenvalue weighted by Gasteiger charge is -2.05. The van der Waals surface area contributed by atoms with E-state index >= 15 is 0 Å². The summed E-state index contributed by atoms with van der Waals surface area (Å²) in [6.45, 7) is 8.28. The molecule has 0 aliphatic carbocycles. The zero-order valence-corrected chi connectivity index (χ0v) is 14.5. The second kappa shape index (κ2) is 7.87. The van der Waals surface area contributed by atoms with Crippen LogP contribution in [0.15, 0.2) is 39.2 Å². The summed E-state index contributed by atoms with van der Waals surface area (Å²) in [7, 11) is 0. The summed E-state index contributed by atoms with van der Waals surface area (Å²) in [5, 5.41) is 3.39. The van der Waals surface area contributed by atoms with Gasteiger partial charge in [-0.3, -0.25) is 0 Å². The van der Waals surface area contributed by atoms with E-state index in [4.69, 9.17) is 4.42 Å². The fourth-order valence-corrected chi connectivity index (χ4v) is 2.16. The number of rotatable bonds is 5. The first-order valence-electron chi connectivity index (χ1n) is 6.62. The number of furan rings is 1. The van der Waals surface area contributed by atoms with Gasteiger partial charge in [0.1, 0.15) is 11.5 Å². The number of hydrogen-bond donors (Lipinski definition) is 1. The largest absolute Gasteiger partial charge is 0.460 e. The van der Waals surface area contributed by atoms with Crippen molar-refractivity contribution in [2.24, 2.45) is 5.92 Å². The van der Waals surface area contributed by atoms with Gasteiger partial charge in [0.25, 0.3) is 0 Å². The lowest BCUT2D eigenvalue weighted by molar-refractivity contribution is 0.472. The van der Waals surface area contributed by atoms with Gasteiger partial charge in [-0.2, -0.15) is 0 Å². The van der Waals surface area contributed by atoms with Gasteiger partial charge in [-0.1, -0.05) is 35.8 Å². The molecule has 0 spiro atoms. The summed E-state index contributed by atoms with van der Waals surface area (Å²) in [6, 6.07) is 10.3. The van der Waals surface area contributed by atoms with Crippen molar-refractivity contribution >= 4 is 28.3 Å². The van der Waals surface area contributed by atoms with Gasteiger partial charge in [0.05, 0.1) is 6.54 Å². The molecule has 20 heavy (non-hydrogen) atoms. The van der Waals surface area contributed by atoms with Gasteiger partial charge in [0.15, 0.2) is 0 Å². The normalized spacial score (nSPS) is 10.7. The fourth-order valence-electron chi connectivity index (χ4n) is 1.91. The molecule has 1 aromatic carbocycles. The predicted octanol–water partition coefficient (Wildman–Crippen LogP) is 5.18. The van der Waals surface area contributed by atoms with E-state index in [2.05, 4.69) is 60.2 Å². The van der Waals surface area contributed by atoms with Crippen LogP contribution in [0.1, 0.15) is 25.2 Å². The zero-order valence-electron chi connectivity index (χ0n) is 12.1. The molecule has 2 nitrogen and oxygen atoms in total. The van der Waals surface area contributed by atoms with Crippen LogP contribution in [-0.2, 0) is 6.54 Å². The number of hydrogen-bond acceptors (Lipinski definition) is 2. The van der Waals surface area contributed by atoms with Crippen molar-refractivity contribution in [1.82, 2.24) is 5.32 Å². The van der Waals surface area contributed by atoms with E-state index < -0.39 is 0 Å². The molecular formula is C16H21BrClNO. The Morgan fingerprint density at radius 3 is 2.60 bits per heavy atom. The summed E-state index contributed by atoms with van der Waals surface area (Å²) in [5.41, 5.74) is 2.34. The third-order valence-electron chi connectivity index (χ3n) is 2.96. The maximum Gasteiger partial charge on any atom is 0.134 e. The topological polar surface area (TPSA) is 25.2 Å². The van der Waals surface area contributed by atoms with Crippen LogP contribution >= 0.6 is 28.3 Å². The Bertz CT molecular complexity index is 551. The molecule has 0 aliphatic heterocycles. The van der Waals surface area contributed by atoms with Crippen molar-refractivity contribution in [3.63, 3.8) is 0 Å². The molecule has 0 aliphatic rings. The molecule has 0 saturated heterocycles. The number of nitrogens with one attached hydrogen (secondary N) is 1. The number of benzene rings is 1. The Balaban J connectivity index is 0.00000200. The van der Waals surface area contributed by atoms with Gasteiger partial charge in [-0.05, 0) is 49.2 Å². The minimum Gasteiger partial charge on any atom is -0.460 e. The Hall–Kier alpha value is -0.770. The van der Waals surface area contributed by atoms with Crippen LogP contribution in [0.5, 0.6) is 0 Å². The standard InChI is InChI=1S/C16H20BrNO.ClH/c1-11(2)9-18-10-14-5-7-16(19-14)13-4-6-15(17)12(3)8-13;/h4-8,11,18H,9-10H2,1-3H3;1H. The van der Waals surface area contributed by atoms with Crippen LogP contribution in [0.3, 0.4) is 0 Å². The smallest absolute Gasteiger partial charge is 0.134 e. The molecule has 1 N–H and O–H groups in total. The van der Waals surface area contributed by atoms with E-state index in [1.54, 1.807) is 0 Å². The van der Waals surface area contributed by atoms with Crippen LogP contribution in [-0.4, -0.2) is 6.54 Å². The van der Waals surface area contributed by atoms with Crippen LogP contribution in [0.2, 0.25) is 0 Å². The second-order valence-corrected chi connectivity index (χ2v) is 6.11. The molecule has 1 heterocycles. The monoisotopic (exact) mass is 357 g/mol. The third-order valence-corrected chi connectivity index (χ3v) is 3.85. The first-order valence-corrected chi connectivity index (χ1v) is 7.41. The Labute approximate surface area is 135 Å². The van der Waals surface area contributed by atoms with E-state index in [9.17, 15) is 0 Å². The maximum atomic E-state index is 5.87. The van der Waals surface area contributed by atoms with E-state index in [0.29, 0.717) is 5.92 Å². The molecular weight excluding hydrogens is 338 g/mol. The van der Waals surface area contributed by atoms with Crippen molar-refractivity contribution in [3.8, 4) is 11.3 Å². The van der Waals surface area contributed by atoms with Gasteiger partial charge in [-0.25, -0.2) is 0 Å². The summed E-state index contributed by atoms with van der Waals surface area (Å²) in [4.78, 5) is 0. The van der Waals surface area contributed by atoms with E-state index in [-0.39, 0.29) is 12.4 Å². The summed E-state index contributed by atoms with van der Waals surface area (Å²) in [6.07, 6.45) is 0. The molecule has 2 rings (SSSR count). The van der Waals surface area contributed by atoms with Crippen molar-refractivity contribution in [2.45, 2.75) is 27.3 Å². The van der Waals surface area contributed by atoms with E-state index in [1.807, 2.05) is 12.1 Å². The van der Waals surface area contributed by atoms with Crippen LogP contribution in [0, 0.1) is 12.8 Å². The number of halogens is 2. The minimum absolute atomic E-state index is 0. The molecule has 0 atom stereocenters. The molecule has 110 valence electrons. The first kappa shape index (κ1) is 17.3. The van der Waals surface area contributed by atoms with Gasteiger partial charge >= 0.3 is 0 Å². The molecule has 0 amide bonds. The van der Waals surface area contributed by atoms with Gasteiger partial charge in [0.2, 0.25) is 0 Å². The van der Waals surface area contributed by atoms with Crippen molar-refractivity contribution in [2.75, 3.05) is 6.54 Å². The average Bonchev–Trinajstić information content (AvgIpc) is 2.81. The number of aryl methyl sites for hydroxylation is 1. The lowest BCUT2D eigenvalue weighted by atomic mass is 10.1. The average molecular weight is 359 g/mol. The molecule has 2 aromatic rings. The van der Waals surface area contributed by atoms with Crippen LogP contribution < -0.4 is 5.32 Å². The van der Waals surface area contributed by atoms with E-state index in [1.165, 1.54) is 5.56 Å². The van der Waals surface area contributed by atoms with Crippen LogP contribution in [0.4, 0.5) is 0 Å². The maximum absolute atomic E-state index is 5.87. The molecule has 0 fully saturated rings. The van der Waals surface area contributed by atoms with Gasteiger partial charge in [0, 0.05) is 10.0 Å². The predicted molar refractivity (Wildman–Crippen MR) is 90.4 cm³/mol. The Morgan fingerprint density at radius 1 is 1.20 bits per heavy atom. The second-order valence-electron chi connectivity index (χ2n) is 5.25. The molecule has 0 unspecified atom stereocenters. The molecule has 0 radical (unpaired) electrons. The van der Waals surface area contributed by atoms with Crippen molar-refractivity contribution in [3.05, 3.63) is 46.1 Å². The fraction of sp³-hybridized carbons (Fsp3) is 0.375.